The molecule has 2 amide bonds. The molecule has 0 fully saturated rings. The molecule has 0 radical (unpaired) electrons. The first-order valence-corrected chi connectivity index (χ1v) is 9.66. The standard InChI is InChI=1S/C20H19F4N5O2/c21-10-19(31)4-5-20(23,24)17-14-9-28(6-3-16(14)27-29(17)11-19)18(30)26-13-1-2-15(22)12(7-13)8-25/h1-2,7,31H,3-6,9-11H2,(H,26,30). The molecule has 2 aliphatic rings. The van der Waals surface area contributed by atoms with Crippen LogP contribution in [0.5, 0.6) is 0 Å². The first-order chi connectivity index (χ1) is 14.7. The number of hydrogen-bond donors (Lipinski definition) is 2. The lowest BCUT2D eigenvalue weighted by atomic mass is 9.96. The van der Waals surface area contributed by atoms with Gasteiger partial charge in [0.25, 0.3) is 5.92 Å². The second-order valence-electron chi connectivity index (χ2n) is 7.90. The van der Waals surface area contributed by atoms with E-state index in [0.29, 0.717) is 5.69 Å². The summed E-state index contributed by atoms with van der Waals surface area (Å²) in [6.07, 6.45) is -0.936. The third-order valence-corrected chi connectivity index (χ3v) is 5.67. The molecule has 2 N–H and O–H groups in total. The zero-order valence-electron chi connectivity index (χ0n) is 16.3. The predicted molar refractivity (Wildman–Crippen MR) is 101 cm³/mol. The predicted octanol–water partition coefficient (Wildman–Crippen LogP) is 3.07. The topological polar surface area (TPSA) is 94.2 Å². The van der Waals surface area contributed by atoms with Crippen molar-refractivity contribution in [1.29, 1.82) is 5.26 Å². The highest BCUT2D eigenvalue weighted by Crippen LogP contribution is 2.42. The van der Waals surface area contributed by atoms with Gasteiger partial charge in [-0.05, 0) is 24.6 Å². The Morgan fingerprint density at radius 2 is 2.13 bits per heavy atom. The summed E-state index contributed by atoms with van der Waals surface area (Å²) in [5, 5.41) is 25.9. The zero-order valence-corrected chi connectivity index (χ0v) is 16.3. The third kappa shape index (κ3) is 3.83. The lowest BCUT2D eigenvalue weighted by Gasteiger charge is -2.28. The second kappa shape index (κ2) is 7.53. The molecule has 0 saturated heterocycles. The molecule has 4 rings (SSSR count). The lowest BCUT2D eigenvalue weighted by Crippen LogP contribution is -2.39. The molecule has 11 heteroatoms. The van der Waals surface area contributed by atoms with Crippen molar-refractivity contribution in [2.24, 2.45) is 0 Å². The summed E-state index contributed by atoms with van der Waals surface area (Å²) in [5.41, 5.74) is -1.79. The average molecular weight is 437 g/mol. The number of aromatic nitrogens is 2. The zero-order chi connectivity index (χ0) is 22.4. The first kappa shape index (κ1) is 21.1. The van der Waals surface area contributed by atoms with Crippen molar-refractivity contribution in [3.63, 3.8) is 0 Å². The Balaban J connectivity index is 1.59. The van der Waals surface area contributed by atoms with Crippen LogP contribution >= 0.6 is 0 Å². The molecule has 3 heterocycles. The van der Waals surface area contributed by atoms with Crippen LogP contribution < -0.4 is 5.32 Å². The first-order valence-electron chi connectivity index (χ1n) is 9.66. The van der Waals surface area contributed by atoms with Crippen molar-refractivity contribution in [1.82, 2.24) is 14.7 Å². The molecule has 0 saturated carbocycles. The quantitative estimate of drug-likeness (QED) is 0.707. The van der Waals surface area contributed by atoms with Gasteiger partial charge in [-0.15, -0.1) is 0 Å². The summed E-state index contributed by atoms with van der Waals surface area (Å²) in [6.45, 7) is -1.50. The van der Waals surface area contributed by atoms with Gasteiger partial charge in [0, 0.05) is 30.6 Å². The van der Waals surface area contributed by atoms with Crippen LogP contribution in [0.25, 0.3) is 0 Å². The summed E-state index contributed by atoms with van der Waals surface area (Å²) in [6, 6.07) is 4.60. The Hall–Kier alpha value is -3.13. The number of nitrogens with zero attached hydrogens (tertiary/aromatic N) is 4. The van der Waals surface area contributed by atoms with E-state index in [0.717, 1.165) is 10.7 Å². The van der Waals surface area contributed by atoms with Gasteiger partial charge in [-0.2, -0.15) is 19.1 Å². The van der Waals surface area contributed by atoms with Crippen molar-refractivity contribution < 1.29 is 27.5 Å². The summed E-state index contributed by atoms with van der Waals surface area (Å²) < 4.78 is 57.5. The average Bonchev–Trinajstić information content (AvgIpc) is 3.06. The Labute approximate surface area is 174 Å². The van der Waals surface area contributed by atoms with E-state index in [4.69, 9.17) is 5.26 Å². The Morgan fingerprint density at radius 3 is 2.84 bits per heavy atom. The number of benzene rings is 1. The minimum Gasteiger partial charge on any atom is -0.385 e. The molecule has 2 aromatic rings. The molecule has 1 unspecified atom stereocenters. The van der Waals surface area contributed by atoms with Crippen molar-refractivity contribution in [3.05, 3.63) is 46.5 Å². The van der Waals surface area contributed by atoms with Crippen LogP contribution in [0.3, 0.4) is 0 Å². The van der Waals surface area contributed by atoms with Crippen LogP contribution in [0.1, 0.15) is 35.4 Å². The molecule has 7 nitrogen and oxygen atoms in total. The number of nitrogens with one attached hydrogen (secondary N) is 1. The third-order valence-electron chi connectivity index (χ3n) is 5.67. The number of carbonyl (C=O) groups excluding carboxylic acids is 1. The van der Waals surface area contributed by atoms with E-state index in [1.165, 1.54) is 17.0 Å². The number of alkyl halides is 3. The fourth-order valence-electron chi connectivity index (χ4n) is 3.99. The van der Waals surface area contributed by atoms with Gasteiger partial charge < -0.3 is 15.3 Å². The number of anilines is 1. The largest absolute Gasteiger partial charge is 0.385 e. The van der Waals surface area contributed by atoms with Crippen LogP contribution in [0.4, 0.5) is 28.0 Å². The number of aliphatic hydroxyl groups is 1. The smallest absolute Gasteiger partial charge is 0.322 e. The van der Waals surface area contributed by atoms with E-state index in [2.05, 4.69) is 10.4 Å². The van der Waals surface area contributed by atoms with E-state index in [-0.39, 0.29) is 42.9 Å². The fourth-order valence-corrected chi connectivity index (χ4v) is 3.99. The van der Waals surface area contributed by atoms with E-state index in [1.807, 2.05) is 0 Å². The van der Waals surface area contributed by atoms with E-state index >= 15 is 0 Å². The molecule has 1 aromatic heterocycles. The molecular formula is C20H19F4N5O2. The molecule has 0 bridgehead atoms. The van der Waals surface area contributed by atoms with Crippen molar-refractivity contribution in [3.8, 4) is 6.07 Å². The molecule has 0 spiro atoms. The van der Waals surface area contributed by atoms with E-state index in [9.17, 15) is 27.5 Å². The van der Waals surface area contributed by atoms with Crippen LogP contribution in [0.2, 0.25) is 0 Å². The maximum Gasteiger partial charge on any atom is 0.322 e. The van der Waals surface area contributed by atoms with Gasteiger partial charge in [0.1, 0.15) is 29.9 Å². The highest BCUT2D eigenvalue weighted by Gasteiger charge is 2.47. The maximum atomic E-state index is 14.9. The number of fused-ring (bicyclic) bond motifs is 3. The Bertz CT molecular complexity index is 1080. The summed E-state index contributed by atoms with van der Waals surface area (Å²) in [7, 11) is 0. The Morgan fingerprint density at radius 1 is 1.35 bits per heavy atom. The van der Waals surface area contributed by atoms with Crippen LogP contribution in [-0.2, 0) is 25.4 Å². The minimum atomic E-state index is -3.33. The fraction of sp³-hybridized carbons (Fsp3) is 0.450. The minimum absolute atomic E-state index is 0.146. The highest BCUT2D eigenvalue weighted by atomic mass is 19.3. The second-order valence-corrected chi connectivity index (χ2v) is 7.90. The highest BCUT2D eigenvalue weighted by molar-refractivity contribution is 5.89. The van der Waals surface area contributed by atoms with Crippen molar-refractivity contribution in [2.45, 2.75) is 43.9 Å². The lowest BCUT2D eigenvalue weighted by molar-refractivity contribution is -0.0473. The number of urea groups is 1. The molecule has 1 atom stereocenters. The number of amides is 2. The van der Waals surface area contributed by atoms with Gasteiger partial charge in [-0.3, -0.25) is 4.68 Å². The molecule has 31 heavy (non-hydrogen) atoms. The molecule has 2 aliphatic heterocycles. The Kier molecular flexibility index (Phi) is 5.13. The normalized spacial score (nSPS) is 22.1. The molecular weight excluding hydrogens is 418 g/mol. The van der Waals surface area contributed by atoms with Crippen molar-refractivity contribution in [2.75, 3.05) is 18.5 Å². The van der Waals surface area contributed by atoms with E-state index in [1.54, 1.807) is 6.07 Å². The summed E-state index contributed by atoms with van der Waals surface area (Å²) in [5.74, 6) is -4.06. The number of nitriles is 1. The number of hydrogen-bond acceptors (Lipinski definition) is 4. The number of halogens is 4. The van der Waals surface area contributed by atoms with Gasteiger partial charge in [0.2, 0.25) is 0 Å². The number of carbonyl (C=O) groups is 1. The number of rotatable bonds is 2. The molecule has 0 aliphatic carbocycles. The van der Waals surface area contributed by atoms with E-state index < -0.39 is 48.6 Å². The molecule has 1 aromatic carbocycles. The van der Waals surface area contributed by atoms with Gasteiger partial charge in [-0.1, -0.05) is 0 Å². The van der Waals surface area contributed by atoms with Gasteiger partial charge >= 0.3 is 6.03 Å². The van der Waals surface area contributed by atoms with Crippen LogP contribution in [0, 0.1) is 17.1 Å². The van der Waals surface area contributed by atoms with Crippen LogP contribution in [0.15, 0.2) is 18.2 Å². The van der Waals surface area contributed by atoms with Gasteiger partial charge in [-0.25, -0.2) is 13.6 Å². The van der Waals surface area contributed by atoms with Gasteiger partial charge in [0.15, 0.2) is 0 Å². The van der Waals surface area contributed by atoms with Gasteiger partial charge in [0.05, 0.1) is 24.3 Å². The van der Waals surface area contributed by atoms with Crippen LogP contribution in [-0.4, -0.2) is 44.6 Å². The molecule has 164 valence electrons. The summed E-state index contributed by atoms with van der Waals surface area (Å²) >= 11 is 0. The van der Waals surface area contributed by atoms with Crippen molar-refractivity contribution >= 4 is 11.7 Å². The maximum absolute atomic E-state index is 14.9. The SMILES string of the molecule is N#Cc1cc(NC(=O)N2CCc3nn4c(c3C2)C(F)(F)CCC(O)(CF)C4)ccc1F. The summed E-state index contributed by atoms with van der Waals surface area (Å²) in [4.78, 5) is 14.0. The monoisotopic (exact) mass is 437 g/mol.